The molecule has 3 rings (SSSR count). The van der Waals surface area contributed by atoms with E-state index in [2.05, 4.69) is 6.61 Å². The zero-order chi connectivity index (χ0) is 12.4. The fourth-order valence-corrected chi connectivity index (χ4v) is 2.12. The van der Waals surface area contributed by atoms with Gasteiger partial charge in [-0.25, -0.2) is 0 Å². The molecule has 0 aromatic heterocycles. The zero-order valence-electron chi connectivity index (χ0n) is 9.92. The van der Waals surface area contributed by atoms with Crippen LogP contribution in [-0.4, -0.2) is 7.11 Å². The molecule has 0 saturated heterocycles. The number of fused-ring (bicyclic) bond motifs is 1. The monoisotopic (exact) mass is 240 g/mol. The van der Waals surface area contributed by atoms with Gasteiger partial charge in [-0.05, 0) is 17.7 Å². The van der Waals surface area contributed by atoms with Gasteiger partial charge in [-0.15, -0.1) is 0 Å². The van der Waals surface area contributed by atoms with E-state index in [1.54, 1.807) is 7.11 Å². The molecule has 3 nitrogen and oxygen atoms in total. The van der Waals surface area contributed by atoms with Crippen molar-refractivity contribution in [2.45, 2.75) is 5.92 Å². The molecule has 2 radical (unpaired) electrons. The lowest BCUT2D eigenvalue weighted by molar-refractivity contribution is -0.186. The lowest BCUT2D eigenvalue weighted by atomic mass is 9.90. The minimum absolute atomic E-state index is 0.105. The Kier molecular flexibility index (Phi) is 2.90. The van der Waals surface area contributed by atoms with Gasteiger partial charge in [0.05, 0.1) is 18.6 Å². The Morgan fingerprint density at radius 1 is 1.06 bits per heavy atom. The van der Waals surface area contributed by atoms with Crippen molar-refractivity contribution in [1.82, 2.24) is 0 Å². The number of ether oxygens (including phenoxy) is 1. The summed E-state index contributed by atoms with van der Waals surface area (Å²) in [4.78, 5) is 10.1. The highest BCUT2D eigenvalue weighted by Gasteiger charge is 2.29. The van der Waals surface area contributed by atoms with Crippen LogP contribution in [0.4, 0.5) is 0 Å². The first-order valence-corrected chi connectivity index (χ1v) is 5.71. The van der Waals surface area contributed by atoms with E-state index in [4.69, 9.17) is 14.5 Å². The molecule has 90 valence electrons. The second-order valence-corrected chi connectivity index (χ2v) is 4.00. The third kappa shape index (κ3) is 1.83. The SMILES string of the molecule is COc1cccc2c1C(c1ccccc1)[C]OO2. The van der Waals surface area contributed by atoms with Gasteiger partial charge in [0.2, 0.25) is 6.61 Å². The Morgan fingerprint density at radius 3 is 2.67 bits per heavy atom. The number of hydrogen-bond acceptors (Lipinski definition) is 3. The first-order chi connectivity index (χ1) is 8.90. The molecule has 0 fully saturated rings. The lowest BCUT2D eigenvalue weighted by Crippen LogP contribution is -2.15. The van der Waals surface area contributed by atoms with Crippen molar-refractivity contribution in [2.75, 3.05) is 7.11 Å². The van der Waals surface area contributed by atoms with E-state index in [-0.39, 0.29) is 5.92 Å². The van der Waals surface area contributed by atoms with E-state index in [1.807, 2.05) is 48.5 Å². The highest BCUT2D eigenvalue weighted by Crippen LogP contribution is 2.43. The van der Waals surface area contributed by atoms with Gasteiger partial charge in [0.1, 0.15) is 5.75 Å². The summed E-state index contributed by atoms with van der Waals surface area (Å²) in [5, 5.41) is 0. The number of benzene rings is 2. The third-order valence-electron chi connectivity index (χ3n) is 2.97. The standard InChI is InChI=1S/C15H12O3/c1-16-13-8-5-9-14-15(13)12(10-17-18-14)11-6-3-2-4-7-11/h2-9,12H,1H3. The Morgan fingerprint density at radius 2 is 1.89 bits per heavy atom. The predicted molar refractivity (Wildman–Crippen MR) is 66.2 cm³/mol. The Labute approximate surface area is 106 Å². The predicted octanol–water partition coefficient (Wildman–Crippen LogP) is 3.19. The van der Waals surface area contributed by atoms with Gasteiger partial charge in [-0.2, -0.15) is 4.89 Å². The summed E-state index contributed by atoms with van der Waals surface area (Å²) in [7, 11) is 1.65. The van der Waals surface area contributed by atoms with Crippen LogP contribution in [-0.2, 0) is 4.89 Å². The quantitative estimate of drug-likeness (QED) is 0.754. The van der Waals surface area contributed by atoms with Crippen LogP contribution in [0.2, 0.25) is 0 Å². The number of methoxy groups -OCH3 is 1. The molecule has 0 bridgehead atoms. The van der Waals surface area contributed by atoms with Crippen LogP contribution in [0.1, 0.15) is 17.0 Å². The summed E-state index contributed by atoms with van der Waals surface area (Å²) < 4.78 is 5.39. The van der Waals surface area contributed by atoms with Crippen LogP contribution in [0.25, 0.3) is 0 Å². The van der Waals surface area contributed by atoms with Crippen LogP contribution in [0.3, 0.4) is 0 Å². The number of rotatable bonds is 2. The molecule has 0 aliphatic carbocycles. The van der Waals surface area contributed by atoms with Crippen LogP contribution < -0.4 is 9.62 Å². The summed E-state index contributed by atoms with van der Waals surface area (Å²) in [5.41, 5.74) is 2.03. The van der Waals surface area contributed by atoms with E-state index >= 15 is 0 Å². The summed E-state index contributed by atoms with van der Waals surface area (Å²) in [6.07, 6.45) is 0. The highest BCUT2D eigenvalue weighted by molar-refractivity contribution is 5.52. The minimum Gasteiger partial charge on any atom is -0.496 e. The molecule has 0 spiro atoms. The Balaban J connectivity index is 2.11. The molecular formula is C15H12O3. The molecule has 1 aliphatic rings. The van der Waals surface area contributed by atoms with Crippen LogP contribution >= 0.6 is 0 Å². The van der Waals surface area contributed by atoms with E-state index in [9.17, 15) is 0 Å². The number of hydrogen-bond donors (Lipinski definition) is 0. The van der Waals surface area contributed by atoms with Crippen LogP contribution in [0.5, 0.6) is 11.5 Å². The van der Waals surface area contributed by atoms with E-state index in [1.165, 1.54) is 0 Å². The molecular weight excluding hydrogens is 228 g/mol. The summed E-state index contributed by atoms with van der Waals surface area (Å²) >= 11 is 0. The summed E-state index contributed by atoms with van der Waals surface area (Å²) in [5.74, 6) is 1.34. The average molecular weight is 240 g/mol. The van der Waals surface area contributed by atoms with Gasteiger partial charge in [-0.1, -0.05) is 36.4 Å². The second-order valence-electron chi connectivity index (χ2n) is 4.00. The molecule has 1 heterocycles. The van der Waals surface area contributed by atoms with E-state index < -0.39 is 0 Å². The maximum Gasteiger partial charge on any atom is 0.200 e. The Hall–Kier alpha value is -2.00. The fraction of sp³-hybridized carbons (Fsp3) is 0.133. The lowest BCUT2D eigenvalue weighted by Gasteiger charge is -2.25. The van der Waals surface area contributed by atoms with E-state index in [0.29, 0.717) is 5.75 Å². The van der Waals surface area contributed by atoms with Gasteiger partial charge in [0.15, 0.2) is 5.75 Å². The molecule has 1 aliphatic heterocycles. The molecule has 0 saturated carbocycles. The van der Waals surface area contributed by atoms with E-state index in [0.717, 1.165) is 16.9 Å². The third-order valence-corrected chi connectivity index (χ3v) is 2.97. The Bertz CT molecular complexity index is 522. The molecule has 18 heavy (non-hydrogen) atoms. The topological polar surface area (TPSA) is 27.7 Å². The molecule has 2 aromatic rings. The molecule has 0 amide bonds. The van der Waals surface area contributed by atoms with Gasteiger partial charge >= 0.3 is 0 Å². The molecule has 1 atom stereocenters. The van der Waals surface area contributed by atoms with Crippen molar-refractivity contribution >= 4 is 0 Å². The highest BCUT2D eigenvalue weighted by atomic mass is 17.2. The van der Waals surface area contributed by atoms with Crippen LogP contribution in [0.15, 0.2) is 48.5 Å². The second kappa shape index (κ2) is 4.70. The smallest absolute Gasteiger partial charge is 0.200 e. The molecule has 0 N–H and O–H groups in total. The van der Waals surface area contributed by atoms with Crippen molar-refractivity contribution < 1.29 is 14.5 Å². The normalized spacial score (nSPS) is 17.7. The maximum atomic E-state index is 5.39. The zero-order valence-corrected chi connectivity index (χ0v) is 9.92. The van der Waals surface area contributed by atoms with Crippen molar-refractivity contribution in [3.05, 3.63) is 66.3 Å². The summed E-state index contributed by atoms with van der Waals surface area (Å²) in [6.45, 7) is 2.86. The minimum atomic E-state index is -0.105. The van der Waals surface area contributed by atoms with Gasteiger partial charge in [0, 0.05) is 0 Å². The summed E-state index contributed by atoms with van der Waals surface area (Å²) in [6, 6.07) is 15.6. The van der Waals surface area contributed by atoms with Gasteiger partial charge in [0.25, 0.3) is 0 Å². The van der Waals surface area contributed by atoms with Crippen molar-refractivity contribution in [3.63, 3.8) is 0 Å². The van der Waals surface area contributed by atoms with Crippen molar-refractivity contribution in [1.29, 1.82) is 0 Å². The first kappa shape index (κ1) is 11.1. The molecule has 3 heteroatoms. The van der Waals surface area contributed by atoms with Crippen molar-refractivity contribution in [2.24, 2.45) is 0 Å². The largest absolute Gasteiger partial charge is 0.496 e. The van der Waals surface area contributed by atoms with Gasteiger partial charge in [-0.3, -0.25) is 0 Å². The molecule has 1 unspecified atom stereocenters. The fourth-order valence-electron chi connectivity index (χ4n) is 2.12. The first-order valence-electron chi connectivity index (χ1n) is 5.71. The van der Waals surface area contributed by atoms with Crippen molar-refractivity contribution in [3.8, 4) is 11.5 Å². The van der Waals surface area contributed by atoms with Gasteiger partial charge < -0.3 is 9.62 Å². The maximum absolute atomic E-state index is 5.39. The molecule has 2 aromatic carbocycles. The van der Waals surface area contributed by atoms with Crippen LogP contribution in [0, 0.1) is 6.61 Å². The average Bonchev–Trinajstić information content (AvgIpc) is 2.47.